The highest BCUT2D eigenvalue weighted by molar-refractivity contribution is 14.0. The number of benzene rings is 1. The largest absolute Gasteiger partial charge is 0.454 e. The summed E-state index contributed by atoms with van der Waals surface area (Å²) in [4.78, 5) is 8.83. The maximum Gasteiger partial charge on any atom is 0.231 e. The van der Waals surface area contributed by atoms with Crippen LogP contribution in [0.25, 0.3) is 0 Å². The van der Waals surface area contributed by atoms with Crippen molar-refractivity contribution < 1.29 is 9.47 Å². The molecule has 2 N–H and O–H groups in total. The van der Waals surface area contributed by atoms with Gasteiger partial charge in [0.25, 0.3) is 0 Å². The topological polar surface area (TPSA) is 58.1 Å². The molecule has 0 amide bonds. The van der Waals surface area contributed by atoms with Gasteiger partial charge in [-0.1, -0.05) is 6.07 Å². The Labute approximate surface area is 193 Å². The van der Waals surface area contributed by atoms with Gasteiger partial charge in [-0.3, -0.25) is 4.90 Å². The lowest BCUT2D eigenvalue weighted by Gasteiger charge is -2.32. The van der Waals surface area contributed by atoms with E-state index in [1.54, 1.807) is 4.88 Å². The summed E-state index contributed by atoms with van der Waals surface area (Å²) in [5.74, 6) is 2.46. The van der Waals surface area contributed by atoms with E-state index in [1.165, 1.54) is 5.56 Å². The van der Waals surface area contributed by atoms with Crippen LogP contribution in [0.3, 0.4) is 0 Å². The van der Waals surface area contributed by atoms with E-state index in [9.17, 15) is 0 Å². The van der Waals surface area contributed by atoms with Crippen molar-refractivity contribution >= 4 is 41.3 Å². The lowest BCUT2D eigenvalue weighted by atomic mass is 10.1. The summed E-state index contributed by atoms with van der Waals surface area (Å²) in [6.07, 6.45) is 1.16. The van der Waals surface area contributed by atoms with Crippen LogP contribution < -0.4 is 20.1 Å². The third-order valence-electron chi connectivity index (χ3n) is 5.23. The molecule has 0 saturated carbocycles. The van der Waals surface area contributed by atoms with Crippen molar-refractivity contribution in [1.29, 1.82) is 0 Å². The first-order valence-corrected chi connectivity index (χ1v) is 10.8. The number of nitrogens with zero attached hydrogens (tertiary/aromatic N) is 2. The summed E-state index contributed by atoms with van der Waals surface area (Å²) in [7, 11) is 0. The lowest BCUT2D eigenvalue weighted by molar-refractivity contribution is 0.174. The molecule has 1 unspecified atom stereocenters. The Balaban J connectivity index is 0.00000240. The smallest absolute Gasteiger partial charge is 0.231 e. The van der Waals surface area contributed by atoms with Gasteiger partial charge in [-0.25, -0.2) is 4.99 Å². The number of thiophene rings is 1. The van der Waals surface area contributed by atoms with Gasteiger partial charge in [0.1, 0.15) is 0 Å². The van der Waals surface area contributed by atoms with E-state index in [4.69, 9.17) is 14.5 Å². The number of aliphatic imine (C=N–C) groups is 1. The van der Waals surface area contributed by atoms with E-state index in [2.05, 4.69) is 40.8 Å². The van der Waals surface area contributed by atoms with Gasteiger partial charge in [-0.05, 0) is 55.0 Å². The molecule has 0 aliphatic carbocycles. The number of fused-ring (bicyclic) bond motifs is 2. The van der Waals surface area contributed by atoms with Crippen LogP contribution >= 0.6 is 35.3 Å². The predicted octanol–water partition coefficient (Wildman–Crippen LogP) is 3.60. The summed E-state index contributed by atoms with van der Waals surface area (Å²) in [6, 6.07) is 8.70. The molecular weight excluding hydrogens is 499 g/mol. The Kier molecular flexibility index (Phi) is 8.02. The van der Waals surface area contributed by atoms with Crippen molar-refractivity contribution in [2.75, 3.05) is 26.4 Å². The van der Waals surface area contributed by atoms with Crippen molar-refractivity contribution in [3.63, 3.8) is 0 Å². The molecular formula is C21H29IN4O2S. The summed E-state index contributed by atoms with van der Waals surface area (Å²) >= 11 is 1.89. The van der Waals surface area contributed by atoms with Crippen molar-refractivity contribution in [3.8, 4) is 11.5 Å². The van der Waals surface area contributed by atoms with Crippen molar-refractivity contribution in [2.24, 2.45) is 4.99 Å². The van der Waals surface area contributed by atoms with Crippen LogP contribution in [0, 0.1) is 0 Å². The van der Waals surface area contributed by atoms with Crippen LogP contribution in [0.15, 0.2) is 34.6 Å². The number of rotatable bonds is 6. The molecule has 158 valence electrons. The average molecular weight is 528 g/mol. The number of hydrogen-bond acceptors (Lipinski definition) is 5. The molecule has 3 heterocycles. The van der Waals surface area contributed by atoms with Crippen LogP contribution in [0.5, 0.6) is 11.5 Å². The first kappa shape index (κ1) is 22.2. The normalized spacial score (nSPS) is 16.7. The quantitative estimate of drug-likeness (QED) is 0.341. The molecule has 2 aromatic rings. The monoisotopic (exact) mass is 528 g/mol. The standard InChI is InChI=1S/C21H28N4O2S.HI/c1-3-22-21(24-12-16-4-5-18-19(10-16)27-14-26-18)23-11-15(2)25-8-6-20-17(13-25)7-9-28-20;/h4-5,7,9-10,15H,3,6,8,11-14H2,1-2H3,(H2,22,23,24);1H. The average Bonchev–Trinajstić information content (AvgIpc) is 3.37. The van der Waals surface area contributed by atoms with Crippen molar-refractivity contribution in [1.82, 2.24) is 15.5 Å². The maximum absolute atomic E-state index is 5.45. The highest BCUT2D eigenvalue weighted by atomic mass is 127. The SMILES string of the molecule is CCNC(=NCc1ccc2c(c1)OCO2)NCC(C)N1CCc2sccc2C1.I. The number of hydrogen-bond donors (Lipinski definition) is 2. The van der Waals surface area contributed by atoms with E-state index in [0.29, 0.717) is 19.4 Å². The van der Waals surface area contributed by atoms with E-state index in [0.717, 1.165) is 55.6 Å². The minimum Gasteiger partial charge on any atom is -0.454 e. The second-order valence-corrected chi connectivity index (χ2v) is 8.20. The molecule has 1 aromatic carbocycles. The fourth-order valence-corrected chi connectivity index (χ4v) is 4.46. The highest BCUT2D eigenvalue weighted by Gasteiger charge is 2.21. The molecule has 8 heteroatoms. The molecule has 29 heavy (non-hydrogen) atoms. The Bertz CT molecular complexity index is 842. The summed E-state index contributed by atoms with van der Waals surface area (Å²) in [5.41, 5.74) is 2.60. The molecule has 0 spiro atoms. The third kappa shape index (κ3) is 5.55. The van der Waals surface area contributed by atoms with Crippen LogP contribution in [0.4, 0.5) is 0 Å². The maximum atomic E-state index is 5.45. The molecule has 0 fully saturated rings. The van der Waals surface area contributed by atoms with Gasteiger partial charge in [0.05, 0.1) is 6.54 Å². The Hall–Kier alpha value is -1.52. The summed E-state index contributed by atoms with van der Waals surface area (Å²) in [6.45, 7) is 9.15. The van der Waals surface area contributed by atoms with Gasteiger partial charge < -0.3 is 20.1 Å². The Morgan fingerprint density at radius 3 is 2.97 bits per heavy atom. The zero-order valence-electron chi connectivity index (χ0n) is 16.9. The molecule has 0 radical (unpaired) electrons. The molecule has 2 aliphatic rings. The fourth-order valence-electron chi connectivity index (χ4n) is 3.57. The van der Waals surface area contributed by atoms with Gasteiger partial charge in [0, 0.05) is 37.1 Å². The Morgan fingerprint density at radius 1 is 1.24 bits per heavy atom. The van der Waals surface area contributed by atoms with E-state index in [-0.39, 0.29) is 24.0 Å². The number of guanidine groups is 1. The van der Waals surface area contributed by atoms with Crippen LogP contribution in [-0.4, -0.2) is 43.3 Å². The zero-order valence-corrected chi connectivity index (χ0v) is 20.1. The first-order valence-electron chi connectivity index (χ1n) is 9.93. The van der Waals surface area contributed by atoms with Crippen LogP contribution in [0.2, 0.25) is 0 Å². The molecule has 1 atom stereocenters. The first-order chi connectivity index (χ1) is 13.7. The molecule has 4 rings (SSSR count). The van der Waals surface area contributed by atoms with E-state index >= 15 is 0 Å². The minimum absolute atomic E-state index is 0. The van der Waals surface area contributed by atoms with Gasteiger partial charge in [0.15, 0.2) is 17.5 Å². The number of ether oxygens (including phenoxy) is 2. The van der Waals surface area contributed by atoms with E-state index in [1.807, 2.05) is 29.5 Å². The number of halogens is 1. The van der Waals surface area contributed by atoms with Crippen molar-refractivity contribution in [2.45, 2.75) is 39.4 Å². The summed E-state index contributed by atoms with van der Waals surface area (Å²) in [5, 5.41) is 9.05. The predicted molar refractivity (Wildman–Crippen MR) is 129 cm³/mol. The van der Waals surface area contributed by atoms with Gasteiger partial charge in [-0.2, -0.15) is 0 Å². The van der Waals surface area contributed by atoms with Gasteiger partial charge in [0.2, 0.25) is 6.79 Å². The summed E-state index contributed by atoms with van der Waals surface area (Å²) < 4.78 is 10.8. The van der Waals surface area contributed by atoms with Crippen LogP contribution in [-0.2, 0) is 19.5 Å². The molecule has 0 saturated heterocycles. The third-order valence-corrected chi connectivity index (χ3v) is 6.25. The second kappa shape index (κ2) is 10.5. The fraction of sp³-hybridized carbons (Fsp3) is 0.476. The zero-order chi connectivity index (χ0) is 19.3. The molecule has 6 nitrogen and oxygen atoms in total. The second-order valence-electron chi connectivity index (χ2n) is 7.20. The molecule has 2 aliphatic heterocycles. The van der Waals surface area contributed by atoms with E-state index < -0.39 is 0 Å². The van der Waals surface area contributed by atoms with Crippen LogP contribution in [0.1, 0.15) is 29.9 Å². The minimum atomic E-state index is 0. The highest BCUT2D eigenvalue weighted by Crippen LogP contribution is 2.32. The van der Waals surface area contributed by atoms with Gasteiger partial charge >= 0.3 is 0 Å². The number of nitrogens with one attached hydrogen (secondary N) is 2. The van der Waals surface area contributed by atoms with Gasteiger partial charge in [-0.15, -0.1) is 35.3 Å². The van der Waals surface area contributed by atoms with Crippen molar-refractivity contribution in [3.05, 3.63) is 45.6 Å². The molecule has 1 aromatic heterocycles. The Morgan fingerprint density at radius 2 is 2.10 bits per heavy atom. The lowest BCUT2D eigenvalue weighted by Crippen LogP contribution is -2.47. The molecule has 0 bridgehead atoms.